The van der Waals surface area contributed by atoms with E-state index in [2.05, 4.69) is 27.5 Å². The molecule has 6 nitrogen and oxygen atoms in total. The Morgan fingerprint density at radius 2 is 2.14 bits per heavy atom. The molecular weight excluding hydrogens is 300 g/mol. The Morgan fingerprint density at radius 3 is 2.86 bits per heavy atom. The Hall–Kier alpha value is -1.89. The van der Waals surface area contributed by atoms with Crippen molar-refractivity contribution in [2.24, 2.45) is 0 Å². The van der Waals surface area contributed by atoms with E-state index in [-0.39, 0.29) is 24.4 Å². The van der Waals surface area contributed by atoms with E-state index in [0.29, 0.717) is 17.4 Å². The minimum absolute atomic E-state index is 0.108. The molecular formula is C15H22N4O2S. The first-order chi connectivity index (χ1) is 10.7. The first kappa shape index (κ1) is 16.5. The highest BCUT2D eigenvalue weighted by Gasteiger charge is 2.16. The quantitative estimate of drug-likeness (QED) is 0.703. The summed E-state index contributed by atoms with van der Waals surface area (Å²) in [7, 11) is 0. The second-order valence-electron chi connectivity index (χ2n) is 5.35. The summed E-state index contributed by atoms with van der Waals surface area (Å²) < 4.78 is 0. The molecule has 0 aromatic carbocycles. The first-order valence-electron chi connectivity index (χ1n) is 7.57. The van der Waals surface area contributed by atoms with Crippen LogP contribution in [0, 0.1) is 0 Å². The monoisotopic (exact) mass is 322 g/mol. The summed E-state index contributed by atoms with van der Waals surface area (Å²) in [5, 5.41) is 10.7. The molecule has 1 heterocycles. The van der Waals surface area contributed by atoms with Crippen molar-refractivity contribution in [2.75, 3.05) is 11.9 Å². The maximum Gasteiger partial charge on any atom is 0.321 e. The SMILES string of the molecule is C=CCNC(=O)Cc1csc(NC(=O)NC2CCCCC2)n1. The third-order valence-corrected chi connectivity index (χ3v) is 4.30. The zero-order valence-electron chi connectivity index (χ0n) is 12.6. The number of rotatable bonds is 6. The van der Waals surface area contributed by atoms with Crippen molar-refractivity contribution in [3.63, 3.8) is 0 Å². The van der Waals surface area contributed by atoms with Crippen molar-refractivity contribution in [1.29, 1.82) is 0 Å². The number of urea groups is 1. The van der Waals surface area contributed by atoms with E-state index in [4.69, 9.17) is 0 Å². The van der Waals surface area contributed by atoms with Crippen LogP contribution in [-0.2, 0) is 11.2 Å². The van der Waals surface area contributed by atoms with Gasteiger partial charge in [0, 0.05) is 18.0 Å². The van der Waals surface area contributed by atoms with E-state index < -0.39 is 0 Å². The number of nitrogens with one attached hydrogen (secondary N) is 3. The first-order valence-corrected chi connectivity index (χ1v) is 8.45. The molecule has 0 bridgehead atoms. The number of anilines is 1. The lowest BCUT2D eigenvalue weighted by atomic mass is 9.96. The molecule has 0 aliphatic heterocycles. The highest BCUT2D eigenvalue weighted by molar-refractivity contribution is 7.13. The van der Waals surface area contributed by atoms with E-state index in [1.807, 2.05) is 0 Å². The van der Waals surface area contributed by atoms with Crippen LogP contribution < -0.4 is 16.0 Å². The average molecular weight is 322 g/mol. The smallest absolute Gasteiger partial charge is 0.321 e. The molecule has 3 N–H and O–H groups in total. The summed E-state index contributed by atoms with van der Waals surface area (Å²) in [5.74, 6) is -0.108. The van der Waals surface area contributed by atoms with Crippen LogP contribution in [0.3, 0.4) is 0 Å². The standard InChI is InChI=1S/C15H22N4O2S/c1-2-8-16-13(20)9-12-10-22-15(18-12)19-14(21)17-11-6-4-3-5-7-11/h2,10-11H,1,3-9H2,(H,16,20)(H2,17,18,19,21). The maximum absolute atomic E-state index is 11.9. The second-order valence-corrected chi connectivity index (χ2v) is 6.21. The zero-order valence-corrected chi connectivity index (χ0v) is 13.4. The van der Waals surface area contributed by atoms with E-state index in [1.165, 1.54) is 30.6 Å². The van der Waals surface area contributed by atoms with Gasteiger partial charge in [-0.1, -0.05) is 25.3 Å². The van der Waals surface area contributed by atoms with Gasteiger partial charge >= 0.3 is 6.03 Å². The molecule has 22 heavy (non-hydrogen) atoms. The number of aromatic nitrogens is 1. The zero-order chi connectivity index (χ0) is 15.8. The summed E-state index contributed by atoms with van der Waals surface area (Å²) in [6.45, 7) is 3.98. The largest absolute Gasteiger partial charge is 0.352 e. The van der Waals surface area contributed by atoms with Gasteiger partial charge in [0.1, 0.15) is 0 Å². The van der Waals surface area contributed by atoms with Gasteiger partial charge in [-0.05, 0) is 12.8 Å². The molecule has 0 saturated heterocycles. The fourth-order valence-corrected chi connectivity index (χ4v) is 3.13. The van der Waals surface area contributed by atoms with Gasteiger partial charge < -0.3 is 10.6 Å². The van der Waals surface area contributed by atoms with Crippen LogP contribution in [-0.4, -0.2) is 29.5 Å². The molecule has 1 aromatic rings. The van der Waals surface area contributed by atoms with Crippen LogP contribution in [0.25, 0.3) is 0 Å². The van der Waals surface area contributed by atoms with Crippen LogP contribution in [0.2, 0.25) is 0 Å². The Bertz CT molecular complexity index is 523. The fraction of sp³-hybridized carbons (Fsp3) is 0.533. The number of hydrogen-bond acceptors (Lipinski definition) is 4. The lowest BCUT2D eigenvalue weighted by Gasteiger charge is -2.22. The number of amides is 3. The lowest BCUT2D eigenvalue weighted by molar-refractivity contribution is -0.120. The molecule has 1 saturated carbocycles. The Balaban J connectivity index is 1.77. The predicted octanol–water partition coefficient (Wildman–Crippen LogP) is 2.44. The van der Waals surface area contributed by atoms with Crippen molar-refractivity contribution in [3.8, 4) is 0 Å². The van der Waals surface area contributed by atoms with Gasteiger partial charge in [-0.2, -0.15) is 0 Å². The van der Waals surface area contributed by atoms with Crippen LogP contribution in [0.15, 0.2) is 18.0 Å². The molecule has 0 radical (unpaired) electrons. The van der Waals surface area contributed by atoms with Gasteiger partial charge in [0.05, 0.1) is 12.1 Å². The van der Waals surface area contributed by atoms with Crippen molar-refractivity contribution in [2.45, 2.75) is 44.6 Å². The topological polar surface area (TPSA) is 83.1 Å². The molecule has 1 fully saturated rings. The molecule has 1 aliphatic rings. The summed E-state index contributed by atoms with van der Waals surface area (Å²) >= 11 is 1.32. The third kappa shape index (κ3) is 5.48. The second kappa shape index (κ2) is 8.53. The van der Waals surface area contributed by atoms with Crippen LogP contribution >= 0.6 is 11.3 Å². The van der Waals surface area contributed by atoms with E-state index in [1.54, 1.807) is 11.5 Å². The minimum Gasteiger partial charge on any atom is -0.352 e. The van der Waals surface area contributed by atoms with Gasteiger partial charge in [-0.25, -0.2) is 9.78 Å². The van der Waals surface area contributed by atoms with Crippen molar-refractivity contribution in [1.82, 2.24) is 15.6 Å². The van der Waals surface area contributed by atoms with E-state index in [9.17, 15) is 9.59 Å². The summed E-state index contributed by atoms with van der Waals surface area (Å²) in [4.78, 5) is 27.7. The Labute approximate surface area is 134 Å². The highest BCUT2D eigenvalue weighted by Crippen LogP contribution is 2.18. The third-order valence-electron chi connectivity index (χ3n) is 3.50. The van der Waals surface area contributed by atoms with Crippen molar-refractivity contribution in [3.05, 3.63) is 23.7 Å². The highest BCUT2D eigenvalue weighted by atomic mass is 32.1. The van der Waals surface area contributed by atoms with Crippen LogP contribution in [0.1, 0.15) is 37.8 Å². The predicted molar refractivity (Wildman–Crippen MR) is 88.1 cm³/mol. The summed E-state index contributed by atoms with van der Waals surface area (Å²) in [6.07, 6.45) is 7.51. The molecule has 0 spiro atoms. The van der Waals surface area contributed by atoms with E-state index >= 15 is 0 Å². The van der Waals surface area contributed by atoms with Crippen molar-refractivity contribution >= 4 is 28.4 Å². The van der Waals surface area contributed by atoms with Gasteiger partial charge in [-0.15, -0.1) is 17.9 Å². The lowest BCUT2D eigenvalue weighted by Crippen LogP contribution is -2.39. The number of carbonyl (C=O) groups is 2. The van der Waals surface area contributed by atoms with E-state index in [0.717, 1.165) is 12.8 Å². The van der Waals surface area contributed by atoms with Gasteiger partial charge in [0.15, 0.2) is 5.13 Å². The maximum atomic E-state index is 11.9. The number of thiazole rings is 1. The van der Waals surface area contributed by atoms with Gasteiger partial charge in [0.2, 0.25) is 5.91 Å². The average Bonchev–Trinajstić information content (AvgIpc) is 2.93. The Kier molecular flexibility index (Phi) is 6.39. The molecule has 7 heteroatoms. The fourth-order valence-electron chi connectivity index (χ4n) is 2.42. The number of nitrogens with zero attached hydrogens (tertiary/aromatic N) is 1. The van der Waals surface area contributed by atoms with Gasteiger partial charge in [0.25, 0.3) is 0 Å². The normalized spacial score (nSPS) is 15.1. The molecule has 1 aliphatic carbocycles. The summed E-state index contributed by atoms with van der Waals surface area (Å²) in [6, 6.07) is 0.0433. The number of hydrogen-bond donors (Lipinski definition) is 3. The Morgan fingerprint density at radius 1 is 1.36 bits per heavy atom. The molecule has 2 rings (SSSR count). The molecule has 0 unspecified atom stereocenters. The molecule has 0 atom stereocenters. The summed E-state index contributed by atoms with van der Waals surface area (Å²) in [5.41, 5.74) is 0.652. The van der Waals surface area contributed by atoms with Crippen molar-refractivity contribution < 1.29 is 9.59 Å². The number of carbonyl (C=O) groups excluding carboxylic acids is 2. The molecule has 1 aromatic heterocycles. The minimum atomic E-state index is -0.219. The van der Waals surface area contributed by atoms with Crippen LogP contribution in [0.5, 0.6) is 0 Å². The van der Waals surface area contributed by atoms with Gasteiger partial charge in [-0.3, -0.25) is 10.1 Å². The van der Waals surface area contributed by atoms with Crippen LogP contribution in [0.4, 0.5) is 9.93 Å². The molecule has 3 amide bonds. The molecule has 120 valence electrons.